The normalized spacial score (nSPS) is 24.3. The molecule has 0 bridgehead atoms. The van der Waals surface area contributed by atoms with Gasteiger partial charge in [-0.1, -0.05) is 12.8 Å². The summed E-state index contributed by atoms with van der Waals surface area (Å²) in [4.78, 5) is 14.0. The zero-order chi connectivity index (χ0) is 12.1. The fourth-order valence-electron chi connectivity index (χ4n) is 2.66. The molecule has 1 amide bonds. The highest BCUT2D eigenvalue weighted by Gasteiger charge is 2.26. The van der Waals surface area contributed by atoms with Gasteiger partial charge in [0, 0.05) is 25.0 Å². The molecule has 4 heteroatoms. The lowest BCUT2D eigenvalue weighted by atomic mass is 9.82. The van der Waals surface area contributed by atoms with E-state index in [0.717, 1.165) is 19.4 Å². The van der Waals surface area contributed by atoms with Gasteiger partial charge in [0.1, 0.15) is 0 Å². The van der Waals surface area contributed by atoms with Crippen LogP contribution < -0.4 is 5.73 Å². The second-order valence-electron chi connectivity index (χ2n) is 5.19. The van der Waals surface area contributed by atoms with Crippen molar-refractivity contribution < 1.29 is 4.79 Å². The number of nitrogens with zero attached hydrogens (tertiary/aromatic N) is 1. The summed E-state index contributed by atoms with van der Waals surface area (Å²) in [6.45, 7) is 6.99. The molecule has 0 saturated heterocycles. The summed E-state index contributed by atoms with van der Waals surface area (Å²) >= 11 is 0. The van der Waals surface area contributed by atoms with Crippen LogP contribution in [0.3, 0.4) is 0 Å². The minimum Gasteiger partial charge on any atom is -0.341 e. The lowest BCUT2D eigenvalue weighted by molar-refractivity contribution is -0.134. The van der Waals surface area contributed by atoms with Gasteiger partial charge in [0.05, 0.1) is 0 Å². The molecule has 0 aromatic carbocycles. The number of rotatable bonds is 4. The van der Waals surface area contributed by atoms with Crippen molar-refractivity contribution in [1.29, 1.82) is 0 Å². The Morgan fingerprint density at radius 1 is 1.35 bits per heavy atom. The van der Waals surface area contributed by atoms with Crippen molar-refractivity contribution in [2.24, 2.45) is 11.7 Å². The third-order valence-corrected chi connectivity index (χ3v) is 3.69. The molecule has 102 valence electrons. The minimum absolute atomic E-state index is 0. The van der Waals surface area contributed by atoms with E-state index < -0.39 is 0 Å². The number of nitrogens with two attached hydrogens (primary N) is 1. The summed E-state index contributed by atoms with van der Waals surface area (Å²) in [5.41, 5.74) is 6.07. The SMILES string of the molecule is CCN(C(=O)CC1CCCCC1N)C(C)C.Cl. The topological polar surface area (TPSA) is 46.3 Å². The van der Waals surface area contributed by atoms with Gasteiger partial charge in [-0.25, -0.2) is 0 Å². The molecule has 0 heterocycles. The molecule has 2 atom stereocenters. The first-order valence-corrected chi connectivity index (χ1v) is 6.61. The maximum atomic E-state index is 12.1. The number of amides is 1. The number of halogens is 1. The predicted octanol–water partition coefficient (Wildman–Crippen LogP) is 2.57. The Morgan fingerprint density at radius 2 is 1.94 bits per heavy atom. The van der Waals surface area contributed by atoms with E-state index in [1.54, 1.807) is 0 Å². The summed E-state index contributed by atoms with van der Waals surface area (Å²) in [5.74, 6) is 0.689. The van der Waals surface area contributed by atoms with E-state index in [-0.39, 0.29) is 24.4 Å². The van der Waals surface area contributed by atoms with Crippen LogP contribution in [0.2, 0.25) is 0 Å². The van der Waals surface area contributed by atoms with Crippen LogP contribution in [-0.2, 0) is 4.79 Å². The molecule has 0 aromatic heterocycles. The summed E-state index contributed by atoms with van der Waals surface area (Å²) in [6.07, 6.45) is 5.33. The Bertz CT molecular complexity index is 233. The van der Waals surface area contributed by atoms with Crippen LogP contribution in [0.15, 0.2) is 0 Å². The molecule has 0 aliphatic heterocycles. The van der Waals surface area contributed by atoms with Crippen molar-refractivity contribution in [3.05, 3.63) is 0 Å². The van der Waals surface area contributed by atoms with Crippen molar-refractivity contribution in [2.45, 2.75) is 65.0 Å². The maximum Gasteiger partial charge on any atom is 0.223 e. The molecule has 1 aliphatic carbocycles. The fourth-order valence-corrected chi connectivity index (χ4v) is 2.66. The zero-order valence-electron chi connectivity index (χ0n) is 11.3. The standard InChI is InChI=1S/C13H26N2O.ClH/c1-4-15(10(2)3)13(16)9-11-7-5-6-8-12(11)14;/h10-12H,4-9,14H2,1-3H3;1H. The number of carbonyl (C=O) groups is 1. The Kier molecular flexibility index (Phi) is 7.80. The van der Waals surface area contributed by atoms with Crippen molar-refractivity contribution >= 4 is 18.3 Å². The molecule has 1 rings (SSSR count). The fraction of sp³-hybridized carbons (Fsp3) is 0.923. The minimum atomic E-state index is 0. The number of carbonyl (C=O) groups excluding carboxylic acids is 1. The van der Waals surface area contributed by atoms with Crippen LogP contribution in [0.1, 0.15) is 52.9 Å². The van der Waals surface area contributed by atoms with E-state index in [1.165, 1.54) is 12.8 Å². The van der Waals surface area contributed by atoms with Crippen LogP contribution >= 0.6 is 12.4 Å². The van der Waals surface area contributed by atoms with Gasteiger partial charge in [0.25, 0.3) is 0 Å². The summed E-state index contributed by atoms with van der Waals surface area (Å²) in [7, 11) is 0. The van der Waals surface area contributed by atoms with Gasteiger partial charge in [0.15, 0.2) is 0 Å². The van der Waals surface area contributed by atoms with Crippen molar-refractivity contribution in [1.82, 2.24) is 4.90 Å². The molecule has 0 radical (unpaired) electrons. The van der Waals surface area contributed by atoms with Gasteiger partial charge in [0.2, 0.25) is 5.91 Å². The monoisotopic (exact) mass is 262 g/mol. The van der Waals surface area contributed by atoms with Crippen LogP contribution in [0.5, 0.6) is 0 Å². The molecule has 0 spiro atoms. The average Bonchev–Trinajstić information content (AvgIpc) is 2.22. The highest BCUT2D eigenvalue weighted by Crippen LogP contribution is 2.26. The Morgan fingerprint density at radius 3 is 2.41 bits per heavy atom. The van der Waals surface area contributed by atoms with E-state index in [0.29, 0.717) is 18.4 Å². The summed E-state index contributed by atoms with van der Waals surface area (Å²) in [5, 5.41) is 0. The zero-order valence-corrected chi connectivity index (χ0v) is 12.1. The van der Waals surface area contributed by atoms with Gasteiger partial charge in [-0.15, -0.1) is 12.4 Å². The first-order valence-electron chi connectivity index (χ1n) is 6.61. The Labute approximate surface area is 112 Å². The molecule has 1 fully saturated rings. The van der Waals surface area contributed by atoms with Crippen LogP contribution in [0.4, 0.5) is 0 Å². The van der Waals surface area contributed by atoms with Crippen molar-refractivity contribution in [3.63, 3.8) is 0 Å². The number of hydrogen-bond donors (Lipinski definition) is 1. The Balaban J connectivity index is 0.00000256. The third kappa shape index (κ3) is 4.84. The smallest absolute Gasteiger partial charge is 0.223 e. The second kappa shape index (κ2) is 7.93. The maximum absolute atomic E-state index is 12.1. The van der Waals surface area contributed by atoms with Gasteiger partial charge in [-0.3, -0.25) is 4.79 Å². The lowest BCUT2D eigenvalue weighted by Gasteiger charge is -2.31. The molecular formula is C13H27ClN2O. The lowest BCUT2D eigenvalue weighted by Crippen LogP contribution is -2.41. The largest absolute Gasteiger partial charge is 0.341 e. The molecule has 2 unspecified atom stereocenters. The predicted molar refractivity (Wildman–Crippen MR) is 74.3 cm³/mol. The highest BCUT2D eigenvalue weighted by atomic mass is 35.5. The van der Waals surface area contributed by atoms with Crippen LogP contribution in [-0.4, -0.2) is 29.4 Å². The molecule has 2 N–H and O–H groups in total. The molecule has 0 aromatic rings. The van der Waals surface area contributed by atoms with E-state index in [1.807, 2.05) is 11.8 Å². The molecule has 1 aliphatic rings. The van der Waals surface area contributed by atoms with Gasteiger partial charge >= 0.3 is 0 Å². The molecule has 1 saturated carbocycles. The summed E-state index contributed by atoms with van der Waals surface area (Å²) in [6, 6.07) is 0.542. The van der Waals surface area contributed by atoms with E-state index in [9.17, 15) is 4.79 Å². The van der Waals surface area contributed by atoms with Gasteiger partial charge in [-0.05, 0) is 39.5 Å². The number of hydrogen-bond acceptors (Lipinski definition) is 2. The van der Waals surface area contributed by atoms with E-state index in [4.69, 9.17) is 5.73 Å². The van der Waals surface area contributed by atoms with Crippen LogP contribution in [0.25, 0.3) is 0 Å². The van der Waals surface area contributed by atoms with Gasteiger partial charge < -0.3 is 10.6 Å². The highest BCUT2D eigenvalue weighted by molar-refractivity contribution is 5.85. The van der Waals surface area contributed by atoms with Gasteiger partial charge in [-0.2, -0.15) is 0 Å². The third-order valence-electron chi connectivity index (χ3n) is 3.69. The summed E-state index contributed by atoms with van der Waals surface area (Å²) < 4.78 is 0. The van der Waals surface area contributed by atoms with E-state index >= 15 is 0 Å². The van der Waals surface area contributed by atoms with Crippen LogP contribution in [0, 0.1) is 5.92 Å². The quantitative estimate of drug-likeness (QED) is 0.847. The molecule has 3 nitrogen and oxygen atoms in total. The molecule has 17 heavy (non-hydrogen) atoms. The molecular weight excluding hydrogens is 236 g/mol. The first-order chi connectivity index (χ1) is 7.56. The average molecular weight is 263 g/mol. The second-order valence-corrected chi connectivity index (χ2v) is 5.19. The van der Waals surface area contributed by atoms with E-state index in [2.05, 4.69) is 13.8 Å². The van der Waals surface area contributed by atoms with Crippen molar-refractivity contribution in [2.75, 3.05) is 6.54 Å². The van der Waals surface area contributed by atoms with Crippen molar-refractivity contribution in [3.8, 4) is 0 Å². The Hall–Kier alpha value is -0.280. The first kappa shape index (κ1) is 16.7.